The molecular formula is C34H34N2O6. The largest absolute Gasteiger partial charge is 0.454 e. The molecule has 4 aliphatic carbocycles. The monoisotopic (exact) mass is 566 g/mol. The molecule has 8 heteroatoms. The van der Waals surface area contributed by atoms with Crippen molar-refractivity contribution in [2.45, 2.75) is 48.8 Å². The van der Waals surface area contributed by atoms with Crippen LogP contribution in [0.25, 0.3) is 0 Å². The summed E-state index contributed by atoms with van der Waals surface area (Å²) in [7, 11) is 2.24. The first kappa shape index (κ1) is 23.4. The summed E-state index contributed by atoms with van der Waals surface area (Å²) in [6, 6.07) is 8.97. The molecule has 2 aromatic carbocycles. The predicted molar refractivity (Wildman–Crippen MR) is 150 cm³/mol. The van der Waals surface area contributed by atoms with E-state index in [0.717, 1.165) is 42.5 Å². The molecule has 1 N–H and O–H groups in total. The standard InChI is InChI=1S/C34H34N2O6/c1-18-13-35-34-22-3-4-23(33(18,34)25-12-29-27(38-17-40-29)10-20(25)15-42-34)30-21(22)5-6-32-31(30,7-8-36(32)2)24-11-28-26(37-16-39-28)9-19(24)14-41-32/h3-6,9-12,18,21-23,30,35H,7-8,13-17H2,1-2H3/t18?,21-,22+,23-,30-,31-,32+,33+,34+/m0/s1. The maximum atomic E-state index is 7.15. The van der Waals surface area contributed by atoms with Gasteiger partial charge in [0.25, 0.3) is 0 Å². The fourth-order valence-corrected chi connectivity index (χ4v) is 11.7. The van der Waals surface area contributed by atoms with E-state index in [9.17, 15) is 0 Å². The number of allylic oxidation sites excluding steroid dienone is 2. The van der Waals surface area contributed by atoms with Gasteiger partial charge in [0.2, 0.25) is 13.6 Å². The van der Waals surface area contributed by atoms with Crippen molar-refractivity contribution in [3.05, 3.63) is 70.8 Å². The van der Waals surface area contributed by atoms with Gasteiger partial charge in [-0.05, 0) is 89.7 Å². The molecule has 0 amide bonds. The summed E-state index contributed by atoms with van der Waals surface area (Å²) in [5.41, 5.74) is 3.71. The molecular weight excluding hydrogens is 532 g/mol. The summed E-state index contributed by atoms with van der Waals surface area (Å²) >= 11 is 0. The van der Waals surface area contributed by atoms with E-state index in [1.807, 2.05) is 0 Å². The Labute approximate surface area is 244 Å². The zero-order chi connectivity index (χ0) is 27.6. The zero-order valence-electron chi connectivity index (χ0n) is 23.9. The van der Waals surface area contributed by atoms with Gasteiger partial charge in [0.05, 0.1) is 13.2 Å². The zero-order valence-corrected chi connectivity index (χ0v) is 23.9. The number of fused-ring (bicyclic) bond motifs is 4. The summed E-state index contributed by atoms with van der Waals surface area (Å²) in [5.74, 6) is 4.74. The van der Waals surface area contributed by atoms with Gasteiger partial charge in [0.15, 0.2) is 28.7 Å². The van der Waals surface area contributed by atoms with Crippen molar-refractivity contribution in [1.29, 1.82) is 0 Å². The summed E-state index contributed by atoms with van der Waals surface area (Å²) in [4.78, 5) is 2.46. The Morgan fingerprint density at radius 2 is 1.48 bits per heavy atom. The lowest BCUT2D eigenvalue weighted by Gasteiger charge is -2.71. The first-order valence-electron chi connectivity index (χ1n) is 15.5. The van der Waals surface area contributed by atoms with Gasteiger partial charge in [-0.25, -0.2) is 0 Å². The second-order valence-corrected chi connectivity index (χ2v) is 13.9. The van der Waals surface area contributed by atoms with E-state index in [0.29, 0.717) is 31.0 Å². The molecule has 2 bridgehead atoms. The van der Waals surface area contributed by atoms with Crippen molar-refractivity contribution >= 4 is 0 Å². The predicted octanol–water partition coefficient (Wildman–Crippen LogP) is 3.97. The van der Waals surface area contributed by atoms with Crippen LogP contribution in [0.5, 0.6) is 23.0 Å². The Morgan fingerprint density at radius 3 is 2.26 bits per heavy atom. The molecule has 2 aromatic rings. The van der Waals surface area contributed by atoms with E-state index in [2.05, 4.69) is 72.8 Å². The number of hydrogen-bond acceptors (Lipinski definition) is 8. The molecule has 216 valence electrons. The van der Waals surface area contributed by atoms with Gasteiger partial charge in [0, 0.05) is 29.8 Å². The molecule has 0 radical (unpaired) electrons. The van der Waals surface area contributed by atoms with E-state index >= 15 is 0 Å². The number of nitrogens with one attached hydrogen (secondary N) is 1. The van der Waals surface area contributed by atoms with Crippen LogP contribution in [-0.4, -0.2) is 50.1 Å². The molecule has 0 spiro atoms. The van der Waals surface area contributed by atoms with E-state index in [1.165, 1.54) is 22.3 Å². The van der Waals surface area contributed by atoms with Gasteiger partial charge in [0.1, 0.15) is 5.72 Å². The Balaban J connectivity index is 1.21. The summed E-state index contributed by atoms with van der Waals surface area (Å²) in [6.45, 7) is 5.99. The van der Waals surface area contributed by atoms with Gasteiger partial charge in [-0.2, -0.15) is 0 Å². The lowest BCUT2D eigenvalue weighted by molar-refractivity contribution is -0.248. The minimum absolute atomic E-state index is 0.185. The molecule has 12 rings (SSSR count). The van der Waals surface area contributed by atoms with Crippen LogP contribution in [0.3, 0.4) is 0 Å². The highest BCUT2D eigenvalue weighted by Gasteiger charge is 2.80. The number of likely N-dealkylation sites (N-methyl/N-ethyl adjacent to an activating group) is 1. The van der Waals surface area contributed by atoms with E-state index in [4.69, 9.17) is 28.4 Å². The third kappa shape index (κ3) is 2.18. The van der Waals surface area contributed by atoms with Crippen LogP contribution in [-0.2, 0) is 33.5 Å². The molecule has 1 unspecified atom stereocenters. The third-order valence-corrected chi connectivity index (χ3v) is 13.0. The number of benzene rings is 2. The molecule has 9 atom stereocenters. The van der Waals surface area contributed by atoms with Crippen LogP contribution in [0.4, 0.5) is 0 Å². The first-order chi connectivity index (χ1) is 20.5. The second kappa shape index (κ2) is 7.18. The highest BCUT2D eigenvalue weighted by atomic mass is 16.7. The average Bonchev–Trinajstić information content (AvgIpc) is 3.80. The Hall–Kier alpha value is -3.04. The molecule has 42 heavy (non-hydrogen) atoms. The Bertz CT molecular complexity index is 1670. The molecule has 3 fully saturated rings. The highest BCUT2D eigenvalue weighted by Crippen LogP contribution is 2.75. The van der Waals surface area contributed by atoms with Gasteiger partial charge in [-0.1, -0.05) is 25.2 Å². The van der Waals surface area contributed by atoms with Crippen LogP contribution in [0.1, 0.15) is 35.6 Å². The minimum Gasteiger partial charge on any atom is -0.454 e. The fourth-order valence-electron chi connectivity index (χ4n) is 11.7. The van der Waals surface area contributed by atoms with Crippen molar-refractivity contribution in [1.82, 2.24) is 10.2 Å². The summed E-state index contributed by atoms with van der Waals surface area (Å²) < 4.78 is 37.9. The molecule has 8 nitrogen and oxygen atoms in total. The van der Waals surface area contributed by atoms with Crippen molar-refractivity contribution in [2.75, 3.05) is 33.7 Å². The number of ether oxygens (including phenoxy) is 6. The topological polar surface area (TPSA) is 70.7 Å². The van der Waals surface area contributed by atoms with E-state index < -0.39 is 11.4 Å². The Kier molecular flexibility index (Phi) is 4.01. The fraction of sp³-hybridized carbons (Fsp3) is 0.529. The lowest BCUT2D eigenvalue weighted by Crippen LogP contribution is -2.78. The maximum Gasteiger partial charge on any atom is 0.231 e. The molecule has 0 aromatic heterocycles. The van der Waals surface area contributed by atoms with Crippen molar-refractivity contribution in [3.63, 3.8) is 0 Å². The second-order valence-electron chi connectivity index (χ2n) is 13.9. The SMILES string of the molecule is CC1CN[C@]23OCc4cc5c(cc4[C@]12[C@H]1C=C[C@@H]3[C@@H]2C=C[C@@]34OCc6cc7c(cc6[C@@]3(CCN4C)[C@@H]21)OCO7)OCO5. The van der Waals surface area contributed by atoms with Gasteiger partial charge in [-0.3, -0.25) is 10.2 Å². The smallest absolute Gasteiger partial charge is 0.231 e. The molecule has 6 aliphatic heterocycles. The van der Waals surface area contributed by atoms with Gasteiger partial charge < -0.3 is 28.4 Å². The highest BCUT2D eigenvalue weighted by molar-refractivity contribution is 5.60. The summed E-state index contributed by atoms with van der Waals surface area (Å²) in [6.07, 6.45) is 11.0. The van der Waals surface area contributed by atoms with Gasteiger partial charge in [-0.15, -0.1) is 0 Å². The van der Waals surface area contributed by atoms with Crippen molar-refractivity contribution < 1.29 is 28.4 Å². The van der Waals surface area contributed by atoms with Crippen LogP contribution >= 0.6 is 0 Å². The quantitative estimate of drug-likeness (QED) is 0.481. The van der Waals surface area contributed by atoms with Crippen LogP contribution < -0.4 is 24.3 Å². The normalized spacial score (nSPS) is 45.5. The van der Waals surface area contributed by atoms with Crippen molar-refractivity contribution in [3.8, 4) is 23.0 Å². The van der Waals surface area contributed by atoms with Crippen LogP contribution in [0, 0.1) is 29.6 Å². The van der Waals surface area contributed by atoms with Crippen molar-refractivity contribution in [2.24, 2.45) is 29.6 Å². The lowest BCUT2D eigenvalue weighted by atomic mass is 9.36. The number of rotatable bonds is 0. The van der Waals surface area contributed by atoms with Crippen LogP contribution in [0.2, 0.25) is 0 Å². The molecule has 1 saturated carbocycles. The molecule has 10 aliphatic rings. The average molecular weight is 567 g/mol. The Morgan fingerprint density at radius 1 is 0.810 bits per heavy atom. The number of likely N-dealkylation sites (tertiary alicyclic amines) is 1. The molecule has 2 saturated heterocycles. The molecule has 6 heterocycles. The van der Waals surface area contributed by atoms with Gasteiger partial charge >= 0.3 is 0 Å². The van der Waals surface area contributed by atoms with E-state index in [1.54, 1.807) is 0 Å². The first-order valence-corrected chi connectivity index (χ1v) is 15.5. The summed E-state index contributed by atoms with van der Waals surface area (Å²) in [5, 5.41) is 4.02. The van der Waals surface area contributed by atoms with E-state index in [-0.39, 0.29) is 36.3 Å². The third-order valence-electron chi connectivity index (χ3n) is 13.0. The van der Waals surface area contributed by atoms with Crippen LogP contribution in [0.15, 0.2) is 48.6 Å². The number of hydrogen-bond donors (Lipinski definition) is 1. The minimum atomic E-state index is -0.512. The maximum absolute atomic E-state index is 7.15. The number of nitrogens with zero attached hydrogens (tertiary/aromatic N) is 1.